The van der Waals surface area contributed by atoms with Crippen LogP contribution in [-0.4, -0.2) is 41.2 Å². The number of hydrogen-bond donors (Lipinski definition) is 1. The molecular formula is C19H19ClFNO4. The molecule has 1 aliphatic heterocycles. The summed E-state index contributed by atoms with van der Waals surface area (Å²) in [5.74, 6) is 0.727. The Labute approximate surface area is 155 Å². The number of aliphatic hydroxyl groups is 1. The van der Waals surface area contributed by atoms with Crippen LogP contribution in [0, 0.1) is 17.7 Å². The van der Waals surface area contributed by atoms with Gasteiger partial charge < -0.3 is 19.2 Å². The van der Waals surface area contributed by atoms with Crippen LogP contribution in [0.4, 0.5) is 4.39 Å². The van der Waals surface area contributed by atoms with Gasteiger partial charge in [-0.1, -0.05) is 0 Å². The molecule has 4 atom stereocenters. The van der Waals surface area contributed by atoms with Crippen LogP contribution in [-0.2, 0) is 0 Å². The van der Waals surface area contributed by atoms with E-state index in [0.29, 0.717) is 31.7 Å². The molecule has 0 bridgehead atoms. The first-order valence-corrected chi connectivity index (χ1v) is 9.02. The lowest BCUT2D eigenvalue weighted by atomic mass is 9.78. The van der Waals surface area contributed by atoms with Gasteiger partial charge in [0.25, 0.3) is 5.91 Å². The summed E-state index contributed by atoms with van der Waals surface area (Å²) >= 11 is 5.75. The Morgan fingerprint density at radius 3 is 2.50 bits per heavy atom. The second kappa shape index (κ2) is 6.93. The lowest BCUT2D eigenvalue weighted by Crippen LogP contribution is -2.42. The van der Waals surface area contributed by atoms with Gasteiger partial charge in [-0.25, -0.2) is 4.39 Å². The second-order valence-electron chi connectivity index (χ2n) is 6.98. The molecule has 0 unspecified atom stereocenters. The maximum absolute atomic E-state index is 13.0. The van der Waals surface area contributed by atoms with Crippen molar-refractivity contribution in [1.82, 2.24) is 4.90 Å². The molecule has 4 rings (SSSR count). The molecule has 138 valence electrons. The van der Waals surface area contributed by atoms with Crippen molar-refractivity contribution < 1.29 is 23.4 Å². The molecule has 1 saturated heterocycles. The van der Waals surface area contributed by atoms with Crippen molar-refractivity contribution in [3.8, 4) is 5.75 Å². The van der Waals surface area contributed by atoms with E-state index in [1.807, 2.05) is 0 Å². The van der Waals surface area contributed by atoms with Gasteiger partial charge in [0.1, 0.15) is 17.7 Å². The number of fused-ring (bicyclic) bond motifs is 1. The molecule has 26 heavy (non-hydrogen) atoms. The summed E-state index contributed by atoms with van der Waals surface area (Å²) in [7, 11) is 0. The van der Waals surface area contributed by atoms with Crippen LogP contribution in [0.5, 0.6) is 5.75 Å². The molecule has 1 amide bonds. The molecule has 2 aliphatic rings. The quantitative estimate of drug-likeness (QED) is 0.888. The van der Waals surface area contributed by atoms with Crippen molar-refractivity contribution in [1.29, 1.82) is 0 Å². The number of benzene rings is 1. The third kappa shape index (κ3) is 3.44. The minimum Gasteiger partial charge on any atom is -0.488 e. The van der Waals surface area contributed by atoms with E-state index in [1.54, 1.807) is 29.2 Å². The van der Waals surface area contributed by atoms with Crippen LogP contribution in [0.2, 0.25) is 5.22 Å². The number of rotatable bonds is 3. The third-order valence-electron chi connectivity index (χ3n) is 5.26. The first-order valence-electron chi connectivity index (χ1n) is 8.64. The molecule has 1 aliphatic carbocycles. The largest absolute Gasteiger partial charge is 0.488 e. The number of ether oxygens (including phenoxy) is 1. The van der Waals surface area contributed by atoms with Crippen LogP contribution in [0.1, 0.15) is 23.4 Å². The molecule has 1 N–H and O–H groups in total. The molecule has 1 aromatic carbocycles. The van der Waals surface area contributed by atoms with Gasteiger partial charge in [0.15, 0.2) is 11.0 Å². The van der Waals surface area contributed by atoms with Crippen molar-refractivity contribution >= 4 is 17.5 Å². The molecule has 0 spiro atoms. The first kappa shape index (κ1) is 17.4. The highest BCUT2D eigenvalue weighted by Crippen LogP contribution is 2.38. The Morgan fingerprint density at radius 2 is 1.85 bits per heavy atom. The smallest absolute Gasteiger partial charge is 0.289 e. The van der Waals surface area contributed by atoms with Crippen molar-refractivity contribution in [2.45, 2.75) is 25.0 Å². The zero-order chi connectivity index (χ0) is 18.3. The van der Waals surface area contributed by atoms with Gasteiger partial charge in [-0.05, 0) is 72.7 Å². The highest BCUT2D eigenvalue weighted by Gasteiger charge is 2.44. The van der Waals surface area contributed by atoms with Crippen LogP contribution in [0.25, 0.3) is 0 Å². The number of nitrogens with zero attached hydrogens (tertiary/aromatic N) is 1. The van der Waals surface area contributed by atoms with Crippen LogP contribution < -0.4 is 4.74 Å². The fourth-order valence-corrected chi connectivity index (χ4v) is 4.10. The van der Waals surface area contributed by atoms with Crippen LogP contribution in [0.3, 0.4) is 0 Å². The van der Waals surface area contributed by atoms with Gasteiger partial charge in [0.2, 0.25) is 0 Å². The second-order valence-corrected chi connectivity index (χ2v) is 7.36. The SMILES string of the molecule is O=C(c1ccc(Cl)o1)N1C[C@H]2C[C@@H](Oc3ccc(F)cc3)[C@H](O)C[C@H]2C1. The molecule has 0 radical (unpaired) electrons. The van der Waals surface area contributed by atoms with Gasteiger partial charge in [-0.2, -0.15) is 0 Å². The summed E-state index contributed by atoms with van der Waals surface area (Å²) in [6.07, 6.45) is 0.231. The lowest BCUT2D eigenvalue weighted by molar-refractivity contribution is -0.0231. The Bertz CT molecular complexity index is 793. The van der Waals surface area contributed by atoms with Gasteiger partial charge in [-0.3, -0.25) is 4.79 Å². The monoisotopic (exact) mass is 379 g/mol. The van der Waals surface area contributed by atoms with Crippen molar-refractivity contribution in [2.75, 3.05) is 13.1 Å². The minimum atomic E-state index is -0.616. The number of hydrogen-bond acceptors (Lipinski definition) is 4. The van der Waals surface area contributed by atoms with Gasteiger partial charge in [-0.15, -0.1) is 0 Å². The van der Waals surface area contributed by atoms with E-state index in [0.717, 1.165) is 0 Å². The minimum absolute atomic E-state index is 0.184. The average Bonchev–Trinajstić information content (AvgIpc) is 3.22. The molecule has 2 heterocycles. The summed E-state index contributed by atoms with van der Waals surface area (Å²) in [6.45, 7) is 1.18. The fourth-order valence-electron chi connectivity index (χ4n) is 3.96. The highest BCUT2D eigenvalue weighted by molar-refractivity contribution is 6.29. The van der Waals surface area contributed by atoms with Crippen LogP contribution >= 0.6 is 11.6 Å². The van der Waals surface area contributed by atoms with E-state index < -0.39 is 6.10 Å². The Kier molecular flexibility index (Phi) is 4.63. The number of amides is 1. The Balaban J connectivity index is 1.41. The predicted molar refractivity (Wildman–Crippen MR) is 92.7 cm³/mol. The van der Waals surface area contributed by atoms with E-state index >= 15 is 0 Å². The average molecular weight is 380 g/mol. The van der Waals surface area contributed by atoms with Gasteiger partial charge in [0, 0.05) is 13.1 Å². The lowest BCUT2D eigenvalue weighted by Gasteiger charge is -2.35. The molecular weight excluding hydrogens is 361 g/mol. The van der Waals surface area contributed by atoms with Gasteiger partial charge in [0.05, 0.1) is 6.10 Å². The number of carbonyl (C=O) groups excluding carboxylic acids is 1. The summed E-state index contributed by atoms with van der Waals surface area (Å²) in [5.41, 5.74) is 0. The number of likely N-dealkylation sites (tertiary alicyclic amines) is 1. The summed E-state index contributed by atoms with van der Waals surface area (Å²) in [6, 6.07) is 8.89. The topological polar surface area (TPSA) is 62.9 Å². The van der Waals surface area contributed by atoms with E-state index in [4.69, 9.17) is 20.8 Å². The predicted octanol–water partition coefficient (Wildman–Crippen LogP) is 3.36. The summed E-state index contributed by atoms with van der Waals surface area (Å²) in [4.78, 5) is 14.3. The zero-order valence-electron chi connectivity index (χ0n) is 14.0. The maximum atomic E-state index is 13.0. The third-order valence-corrected chi connectivity index (χ3v) is 5.46. The van der Waals surface area contributed by atoms with Crippen molar-refractivity contribution in [3.05, 3.63) is 53.2 Å². The van der Waals surface area contributed by atoms with E-state index in [1.165, 1.54) is 12.1 Å². The summed E-state index contributed by atoms with van der Waals surface area (Å²) < 4.78 is 24.1. The number of carbonyl (C=O) groups is 1. The molecule has 1 saturated carbocycles. The highest BCUT2D eigenvalue weighted by atomic mass is 35.5. The van der Waals surface area contributed by atoms with E-state index in [-0.39, 0.29) is 40.6 Å². The molecule has 5 nitrogen and oxygen atoms in total. The van der Waals surface area contributed by atoms with E-state index in [9.17, 15) is 14.3 Å². The molecule has 2 aromatic rings. The number of halogens is 2. The molecule has 7 heteroatoms. The Morgan fingerprint density at radius 1 is 1.15 bits per heavy atom. The maximum Gasteiger partial charge on any atom is 0.289 e. The van der Waals surface area contributed by atoms with Crippen molar-refractivity contribution in [3.63, 3.8) is 0 Å². The number of aliphatic hydroxyl groups excluding tert-OH is 1. The van der Waals surface area contributed by atoms with Crippen molar-refractivity contribution in [2.24, 2.45) is 11.8 Å². The van der Waals surface area contributed by atoms with Crippen LogP contribution in [0.15, 0.2) is 40.8 Å². The fraction of sp³-hybridized carbons (Fsp3) is 0.421. The normalized spacial score (nSPS) is 28.0. The van der Waals surface area contributed by atoms with E-state index in [2.05, 4.69) is 0 Å². The first-order chi connectivity index (χ1) is 12.5. The molecule has 1 aromatic heterocycles. The number of furan rings is 1. The van der Waals surface area contributed by atoms with Gasteiger partial charge >= 0.3 is 0 Å². The zero-order valence-corrected chi connectivity index (χ0v) is 14.7. The molecule has 2 fully saturated rings. The standard InChI is InChI=1S/C19H19ClFNO4/c20-18-6-5-16(26-18)19(24)22-9-11-7-15(23)17(8-12(11)10-22)25-14-3-1-13(21)2-4-14/h1-6,11-12,15,17,23H,7-10H2/t11-,12+,15+,17+/m0/s1. The summed E-state index contributed by atoms with van der Waals surface area (Å²) in [5, 5.41) is 10.6. The Hall–Kier alpha value is -2.05.